The molecule has 2 saturated carbocycles. The van der Waals surface area contributed by atoms with Gasteiger partial charge in [-0.05, 0) is 91.8 Å². The summed E-state index contributed by atoms with van der Waals surface area (Å²) in [4.78, 5) is 18.2. The van der Waals surface area contributed by atoms with Crippen molar-refractivity contribution in [2.75, 3.05) is 33.4 Å². The minimum Gasteiger partial charge on any atom is -0.493 e. The first-order valence-electron chi connectivity index (χ1n) is 17.1. The maximum absolute atomic E-state index is 12.4. The highest BCUT2D eigenvalue weighted by Crippen LogP contribution is 2.53. The number of aryl methyl sites for hydroxylation is 1. The molecule has 11 nitrogen and oxygen atoms in total. The van der Waals surface area contributed by atoms with Gasteiger partial charge in [-0.3, -0.25) is 4.98 Å². The van der Waals surface area contributed by atoms with E-state index in [0.29, 0.717) is 35.2 Å². The summed E-state index contributed by atoms with van der Waals surface area (Å²) in [5.74, 6) is 1.50. The predicted octanol–water partition coefficient (Wildman–Crippen LogP) is 4.45. The lowest BCUT2D eigenvalue weighted by molar-refractivity contribution is -0.117. The van der Waals surface area contributed by atoms with Crippen molar-refractivity contribution >= 4 is 29.2 Å². The molecule has 0 saturated heterocycles. The van der Waals surface area contributed by atoms with E-state index in [1.165, 1.54) is 24.8 Å². The number of pyridine rings is 1. The van der Waals surface area contributed by atoms with E-state index in [-0.39, 0.29) is 19.7 Å². The molecule has 2 aliphatic rings. The molecular weight excluding hydrogens is 685 g/mol. The summed E-state index contributed by atoms with van der Waals surface area (Å²) in [5.41, 5.74) is 4.22. The molecule has 272 valence electrons. The zero-order valence-corrected chi connectivity index (χ0v) is 29.7. The molecule has 0 aliphatic heterocycles. The van der Waals surface area contributed by atoms with Crippen LogP contribution in [0.3, 0.4) is 0 Å². The van der Waals surface area contributed by atoms with E-state index in [1.807, 2.05) is 42.6 Å². The quantitative estimate of drug-likeness (QED) is 0.0978. The molecule has 0 spiro atoms. The molecule has 50 heavy (non-hydrogen) atoms. The van der Waals surface area contributed by atoms with Gasteiger partial charge in [-0.15, -0.1) is 0 Å². The fourth-order valence-electron chi connectivity index (χ4n) is 6.00. The number of aliphatic hydroxyl groups is 5. The Morgan fingerprint density at radius 3 is 2.40 bits per heavy atom. The molecule has 1 aromatic heterocycles. The number of rotatable bonds is 19. The second kappa shape index (κ2) is 17.5. The van der Waals surface area contributed by atoms with Crippen LogP contribution in [0, 0.1) is 5.92 Å². The number of urea groups is 1. The van der Waals surface area contributed by atoms with Crippen molar-refractivity contribution in [3.63, 3.8) is 0 Å². The summed E-state index contributed by atoms with van der Waals surface area (Å²) >= 11 is 13.5. The van der Waals surface area contributed by atoms with E-state index in [1.54, 1.807) is 6.20 Å². The molecule has 2 amide bonds. The van der Waals surface area contributed by atoms with E-state index in [0.717, 1.165) is 53.0 Å². The molecular formula is C37H47Cl2N3O8. The normalized spacial score (nSPS) is 17.4. The molecule has 0 bridgehead atoms. The fraction of sp³-hybridized carbons (Fsp3) is 0.514. The summed E-state index contributed by atoms with van der Waals surface area (Å²) in [6, 6.07) is 13.3. The first-order chi connectivity index (χ1) is 24.1. The largest absolute Gasteiger partial charge is 0.493 e. The van der Waals surface area contributed by atoms with Gasteiger partial charge in [-0.2, -0.15) is 0 Å². The van der Waals surface area contributed by atoms with E-state index in [2.05, 4.69) is 16.4 Å². The van der Waals surface area contributed by atoms with Crippen LogP contribution < -0.4 is 10.1 Å². The van der Waals surface area contributed by atoms with Crippen molar-refractivity contribution in [1.29, 1.82) is 0 Å². The number of halogens is 2. The number of hydrogen-bond donors (Lipinski definition) is 6. The molecule has 0 unspecified atom stereocenters. The number of aliphatic hydroxyl groups excluding tert-OH is 5. The molecule has 6 N–H and O–H groups in total. The van der Waals surface area contributed by atoms with Crippen LogP contribution in [0.1, 0.15) is 55.2 Å². The Morgan fingerprint density at radius 1 is 1.00 bits per heavy atom. The van der Waals surface area contributed by atoms with Crippen molar-refractivity contribution in [1.82, 2.24) is 15.2 Å². The van der Waals surface area contributed by atoms with Gasteiger partial charge in [0, 0.05) is 47.2 Å². The number of unbranched alkanes of at least 4 members (excludes halogenated alkanes) is 1. The second-order valence-corrected chi connectivity index (χ2v) is 14.1. The van der Waals surface area contributed by atoms with Crippen molar-refractivity contribution in [2.45, 2.75) is 81.6 Å². The van der Waals surface area contributed by atoms with Crippen LogP contribution in [0.2, 0.25) is 10.0 Å². The molecule has 4 atom stereocenters. The second-order valence-electron chi connectivity index (χ2n) is 13.2. The van der Waals surface area contributed by atoms with Crippen molar-refractivity contribution in [3.8, 4) is 16.9 Å². The highest BCUT2D eigenvalue weighted by Gasteiger charge is 2.48. The van der Waals surface area contributed by atoms with Gasteiger partial charge < -0.3 is 45.2 Å². The highest BCUT2D eigenvalue weighted by molar-refractivity contribution is 6.34. The molecule has 13 heteroatoms. The number of nitrogens with one attached hydrogen (secondary N) is 1. The SMILES string of the molecule is CNC(=O)N(CCCCc1cc(Cl)c(COC2(c3cnccc3-c3ccccc3OCC3CC3)CC2)cc1Cl)C[C@H](O)[C@@H](O)[C@H](O)[C@H](O)CO. The number of aromatic nitrogens is 1. The van der Waals surface area contributed by atoms with Gasteiger partial charge in [0.1, 0.15) is 30.2 Å². The Kier molecular flexibility index (Phi) is 13.4. The minimum atomic E-state index is -1.77. The molecule has 2 aromatic carbocycles. The number of para-hydroxylation sites is 1. The molecule has 5 rings (SSSR count). The lowest BCUT2D eigenvalue weighted by atomic mass is 9.96. The van der Waals surface area contributed by atoms with E-state index in [9.17, 15) is 25.2 Å². The number of ether oxygens (including phenoxy) is 2. The van der Waals surface area contributed by atoms with Gasteiger partial charge >= 0.3 is 6.03 Å². The highest BCUT2D eigenvalue weighted by atomic mass is 35.5. The predicted molar refractivity (Wildman–Crippen MR) is 190 cm³/mol. The zero-order valence-electron chi connectivity index (χ0n) is 28.2. The van der Waals surface area contributed by atoms with Gasteiger partial charge in [0.05, 0.1) is 32.0 Å². The van der Waals surface area contributed by atoms with Crippen molar-refractivity contribution < 1.29 is 39.8 Å². The Hall–Kier alpha value is -3.00. The summed E-state index contributed by atoms with van der Waals surface area (Å²) in [6.45, 7) is 0.160. The van der Waals surface area contributed by atoms with Gasteiger partial charge in [-0.25, -0.2) is 4.79 Å². The minimum absolute atomic E-state index is 0.245. The van der Waals surface area contributed by atoms with Crippen molar-refractivity contribution in [3.05, 3.63) is 81.6 Å². The van der Waals surface area contributed by atoms with Gasteiger partial charge in [-0.1, -0.05) is 41.4 Å². The number of benzene rings is 2. The maximum atomic E-state index is 12.4. The summed E-state index contributed by atoms with van der Waals surface area (Å²) in [7, 11) is 1.45. The number of nitrogens with zero attached hydrogens (tertiary/aromatic N) is 2. The monoisotopic (exact) mass is 731 g/mol. The first-order valence-corrected chi connectivity index (χ1v) is 17.9. The number of carbonyl (C=O) groups is 1. The van der Waals surface area contributed by atoms with Crippen molar-refractivity contribution in [2.24, 2.45) is 5.92 Å². The number of amides is 2. The molecule has 2 fully saturated rings. The Balaban J connectivity index is 1.17. The first kappa shape index (κ1) is 38.2. The average Bonchev–Trinajstić information content (AvgIpc) is 4.08. The third-order valence-corrected chi connectivity index (χ3v) is 10.1. The standard InChI is InChI=1S/C37H47Cl2N3O8/c1-40-36(48)42(19-31(44)34(46)35(47)32(45)20-43)15-5-4-6-24-16-30(39)25(17-29(24)38)22-50-37(12-13-37)28-18-41-14-11-26(28)27-7-2-3-8-33(27)49-21-23-9-10-23/h2-3,7-8,11,14,16-18,23,31-32,34-35,43-47H,4-6,9-10,12-13,15,19-22H2,1H3,(H,40,48)/t31-,32+,34+,35+/m0/s1. The number of carbonyl (C=O) groups excluding carboxylic acids is 1. The summed E-state index contributed by atoms with van der Waals surface area (Å²) in [5, 5.41) is 52.6. The smallest absolute Gasteiger partial charge is 0.317 e. The molecule has 3 aromatic rings. The molecule has 1 heterocycles. The van der Waals surface area contributed by atoms with Gasteiger partial charge in [0.25, 0.3) is 0 Å². The molecule has 2 aliphatic carbocycles. The summed E-state index contributed by atoms with van der Waals surface area (Å²) < 4.78 is 12.8. The zero-order chi connectivity index (χ0) is 35.8. The topological polar surface area (TPSA) is 165 Å². The van der Waals surface area contributed by atoms with Crippen LogP contribution in [-0.4, -0.2) is 99.2 Å². The third kappa shape index (κ3) is 9.65. The fourth-order valence-corrected chi connectivity index (χ4v) is 6.52. The van der Waals surface area contributed by atoms with Crippen LogP contribution in [-0.2, 0) is 23.4 Å². The van der Waals surface area contributed by atoms with Crippen LogP contribution in [0.25, 0.3) is 11.1 Å². The van der Waals surface area contributed by atoms with Crippen LogP contribution in [0.4, 0.5) is 4.79 Å². The Labute approximate surface area is 302 Å². The lowest BCUT2D eigenvalue weighted by Crippen LogP contribution is -2.51. The Morgan fingerprint density at radius 2 is 1.70 bits per heavy atom. The van der Waals surface area contributed by atoms with Gasteiger partial charge in [0.2, 0.25) is 0 Å². The average molecular weight is 733 g/mol. The van der Waals surface area contributed by atoms with Crippen LogP contribution in [0.15, 0.2) is 54.9 Å². The van der Waals surface area contributed by atoms with Crippen LogP contribution in [0.5, 0.6) is 5.75 Å². The third-order valence-electron chi connectivity index (χ3n) is 9.44. The maximum Gasteiger partial charge on any atom is 0.317 e. The van der Waals surface area contributed by atoms with E-state index < -0.39 is 42.7 Å². The lowest BCUT2D eigenvalue weighted by Gasteiger charge is -2.30. The Bertz CT molecular complexity index is 1590. The summed E-state index contributed by atoms with van der Waals surface area (Å²) in [6.07, 6.45) is 2.89. The number of hydrogen-bond acceptors (Lipinski definition) is 9. The van der Waals surface area contributed by atoms with Gasteiger partial charge in [0.15, 0.2) is 0 Å². The van der Waals surface area contributed by atoms with Crippen LogP contribution >= 0.6 is 23.2 Å². The van der Waals surface area contributed by atoms with E-state index in [4.69, 9.17) is 37.8 Å². The van der Waals surface area contributed by atoms with E-state index >= 15 is 0 Å². The molecule has 0 radical (unpaired) electrons.